The number of nitrogens with one attached hydrogen (secondary N) is 2. The van der Waals surface area contributed by atoms with E-state index in [1.54, 1.807) is 31.4 Å². The van der Waals surface area contributed by atoms with Crippen molar-refractivity contribution in [3.63, 3.8) is 0 Å². The highest BCUT2D eigenvalue weighted by Gasteiger charge is 2.12. The third-order valence-corrected chi connectivity index (χ3v) is 3.57. The highest BCUT2D eigenvalue weighted by atomic mass is 16.5. The van der Waals surface area contributed by atoms with Gasteiger partial charge in [-0.15, -0.1) is 0 Å². The Balaban J connectivity index is 2.21. The Hall–Kier alpha value is -3.28. The van der Waals surface area contributed by atoms with Gasteiger partial charge in [-0.1, -0.05) is 36.4 Å². The summed E-state index contributed by atoms with van der Waals surface area (Å²) in [5.74, 6) is 0.415. The molecule has 0 saturated carbocycles. The van der Waals surface area contributed by atoms with Crippen LogP contribution in [0.3, 0.4) is 0 Å². The first-order chi connectivity index (χ1) is 12.5. The Kier molecular flexibility index (Phi) is 6.79. The Morgan fingerprint density at radius 3 is 2.31 bits per heavy atom. The van der Waals surface area contributed by atoms with Crippen molar-refractivity contribution in [1.82, 2.24) is 10.6 Å². The fourth-order valence-corrected chi connectivity index (χ4v) is 2.33. The molecule has 2 amide bonds. The number of hydrogen-bond donors (Lipinski definition) is 2. The van der Waals surface area contributed by atoms with Gasteiger partial charge in [0.1, 0.15) is 5.70 Å². The van der Waals surface area contributed by atoms with Gasteiger partial charge in [0.25, 0.3) is 5.91 Å². The molecule has 0 aliphatic carbocycles. The maximum atomic E-state index is 12.5. The molecule has 0 saturated heterocycles. The topological polar surface area (TPSA) is 76.7 Å². The molecule has 2 rings (SSSR count). The van der Waals surface area contributed by atoms with Crippen molar-refractivity contribution in [2.24, 2.45) is 0 Å². The lowest BCUT2D eigenvalue weighted by atomic mass is 10.1. The van der Waals surface area contributed by atoms with Gasteiger partial charge in [-0.2, -0.15) is 0 Å². The van der Waals surface area contributed by atoms with Crippen LogP contribution in [0.2, 0.25) is 0 Å². The molecule has 2 N–H and O–H groups in total. The quantitative estimate of drug-likeness (QED) is 0.749. The molecule has 26 heavy (non-hydrogen) atoms. The minimum absolute atomic E-state index is 0.153. The molecule has 0 aliphatic rings. The smallest absolute Gasteiger partial charge is 0.268 e. The van der Waals surface area contributed by atoms with Crippen LogP contribution in [-0.2, 0) is 16.1 Å². The molecule has 136 valence electrons. The lowest BCUT2D eigenvalue weighted by Gasteiger charge is -2.11. The van der Waals surface area contributed by atoms with Crippen LogP contribution >= 0.6 is 0 Å². The zero-order valence-corrected chi connectivity index (χ0v) is 15.0. The predicted octanol–water partition coefficient (Wildman–Crippen LogP) is 2.50. The van der Waals surface area contributed by atoms with Gasteiger partial charge in [0, 0.05) is 13.5 Å². The van der Waals surface area contributed by atoms with Crippen LogP contribution in [0, 0.1) is 0 Å². The molecule has 0 spiro atoms. The van der Waals surface area contributed by atoms with E-state index in [1.807, 2.05) is 30.3 Å². The predicted molar refractivity (Wildman–Crippen MR) is 99.6 cm³/mol. The number of methoxy groups -OCH3 is 2. The Morgan fingerprint density at radius 2 is 1.69 bits per heavy atom. The Bertz CT molecular complexity index is 801. The molecule has 2 aromatic rings. The minimum atomic E-state index is -0.376. The zero-order valence-electron chi connectivity index (χ0n) is 15.0. The third kappa shape index (κ3) is 5.37. The van der Waals surface area contributed by atoms with Gasteiger partial charge in [-0.3, -0.25) is 9.59 Å². The van der Waals surface area contributed by atoms with Crippen LogP contribution in [0.5, 0.6) is 11.5 Å². The second-order valence-corrected chi connectivity index (χ2v) is 5.52. The lowest BCUT2D eigenvalue weighted by Crippen LogP contribution is -2.33. The first kappa shape index (κ1) is 19.1. The van der Waals surface area contributed by atoms with E-state index in [-0.39, 0.29) is 17.5 Å². The molecule has 0 radical (unpaired) electrons. The first-order valence-corrected chi connectivity index (χ1v) is 8.07. The van der Waals surface area contributed by atoms with Crippen LogP contribution in [0.4, 0.5) is 0 Å². The molecular weight excluding hydrogens is 332 g/mol. The van der Waals surface area contributed by atoms with E-state index in [4.69, 9.17) is 9.47 Å². The van der Waals surface area contributed by atoms with Crippen molar-refractivity contribution < 1.29 is 19.1 Å². The number of carbonyl (C=O) groups is 2. The number of benzene rings is 2. The van der Waals surface area contributed by atoms with Gasteiger partial charge in [-0.05, 0) is 29.3 Å². The second-order valence-electron chi connectivity index (χ2n) is 5.52. The van der Waals surface area contributed by atoms with Gasteiger partial charge in [0.2, 0.25) is 5.91 Å². The standard InChI is InChI=1S/C20H22N2O4/c1-14(23)22-17(20(24)21-13-15-7-5-4-6-8-15)11-16-9-10-18(25-2)19(12-16)26-3/h4-12H,13H2,1-3H3,(H,21,24)(H,22,23). The van der Waals surface area contributed by atoms with Crippen LogP contribution in [0.25, 0.3) is 6.08 Å². The van der Waals surface area contributed by atoms with Crippen LogP contribution in [0.1, 0.15) is 18.1 Å². The monoisotopic (exact) mass is 354 g/mol. The molecular formula is C20H22N2O4. The van der Waals surface area contributed by atoms with Crippen molar-refractivity contribution in [2.45, 2.75) is 13.5 Å². The molecule has 0 bridgehead atoms. The van der Waals surface area contributed by atoms with Gasteiger partial charge in [0.05, 0.1) is 14.2 Å². The molecule has 0 atom stereocenters. The minimum Gasteiger partial charge on any atom is -0.493 e. The van der Waals surface area contributed by atoms with E-state index in [9.17, 15) is 9.59 Å². The maximum absolute atomic E-state index is 12.5. The molecule has 0 fully saturated rings. The summed E-state index contributed by atoms with van der Waals surface area (Å²) in [6.07, 6.45) is 1.59. The summed E-state index contributed by atoms with van der Waals surface area (Å²) < 4.78 is 10.5. The van der Waals surface area contributed by atoms with Gasteiger partial charge in [0.15, 0.2) is 11.5 Å². The Morgan fingerprint density at radius 1 is 1.00 bits per heavy atom. The summed E-state index contributed by atoms with van der Waals surface area (Å²) in [6, 6.07) is 14.8. The average Bonchev–Trinajstić information content (AvgIpc) is 2.65. The maximum Gasteiger partial charge on any atom is 0.268 e. The largest absolute Gasteiger partial charge is 0.493 e. The summed E-state index contributed by atoms with van der Waals surface area (Å²) in [5.41, 5.74) is 1.82. The van der Waals surface area contributed by atoms with Crippen LogP contribution < -0.4 is 20.1 Å². The first-order valence-electron chi connectivity index (χ1n) is 8.07. The lowest BCUT2D eigenvalue weighted by molar-refractivity contribution is -0.122. The van der Waals surface area contributed by atoms with Crippen molar-refractivity contribution in [3.05, 3.63) is 65.4 Å². The third-order valence-electron chi connectivity index (χ3n) is 3.57. The summed E-state index contributed by atoms with van der Waals surface area (Å²) in [5, 5.41) is 5.37. The number of carbonyl (C=O) groups excluding carboxylic acids is 2. The summed E-state index contributed by atoms with van der Waals surface area (Å²) in [6.45, 7) is 1.72. The van der Waals surface area contributed by atoms with E-state index < -0.39 is 0 Å². The summed E-state index contributed by atoms with van der Waals surface area (Å²) >= 11 is 0. The number of amides is 2. The van der Waals surface area contributed by atoms with Crippen molar-refractivity contribution in [1.29, 1.82) is 0 Å². The highest BCUT2D eigenvalue weighted by Crippen LogP contribution is 2.28. The fourth-order valence-electron chi connectivity index (χ4n) is 2.33. The SMILES string of the molecule is COc1ccc(C=C(NC(C)=O)C(=O)NCc2ccccc2)cc1OC. The number of hydrogen-bond acceptors (Lipinski definition) is 4. The van der Waals surface area contributed by atoms with E-state index in [1.165, 1.54) is 14.0 Å². The second kappa shape index (κ2) is 9.27. The van der Waals surface area contributed by atoms with Gasteiger partial charge in [-0.25, -0.2) is 0 Å². The van der Waals surface area contributed by atoms with Crippen LogP contribution in [0.15, 0.2) is 54.2 Å². The molecule has 2 aromatic carbocycles. The van der Waals surface area contributed by atoms with E-state index in [0.29, 0.717) is 23.6 Å². The van der Waals surface area contributed by atoms with Crippen molar-refractivity contribution >= 4 is 17.9 Å². The summed E-state index contributed by atoms with van der Waals surface area (Å²) in [4.78, 5) is 24.0. The molecule has 0 aliphatic heterocycles. The average molecular weight is 354 g/mol. The van der Waals surface area contributed by atoms with E-state index in [2.05, 4.69) is 10.6 Å². The molecule has 0 heterocycles. The highest BCUT2D eigenvalue weighted by molar-refractivity contribution is 6.00. The van der Waals surface area contributed by atoms with Crippen LogP contribution in [-0.4, -0.2) is 26.0 Å². The zero-order chi connectivity index (χ0) is 18.9. The van der Waals surface area contributed by atoms with E-state index in [0.717, 1.165) is 5.56 Å². The normalized spacial score (nSPS) is 10.8. The van der Waals surface area contributed by atoms with Crippen molar-refractivity contribution in [3.8, 4) is 11.5 Å². The molecule has 6 nitrogen and oxygen atoms in total. The molecule has 0 unspecified atom stereocenters. The summed E-state index contributed by atoms with van der Waals surface area (Å²) in [7, 11) is 3.08. The van der Waals surface area contributed by atoms with Gasteiger partial charge >= 0.3 is 0 Å². The van der Waals surface area contributed by atoms with Gasteiger partial charge < -0.3 is 20.1 Å². The van der Waals surface area contributed by atoms with E-state index >= 15 is 0 Å². The number of ether oxygens (including phenoxy) is 2. The Labute approximate surface area is 152 Å². The van der Waals surface area contributed by atoms with Crippen molar-refractivity contribution in [2.75, 3.05) is 14.2 Å². The number of rotatable bonds is 7. The molecule has 0 aromatic heterocycles. The fraction of sp³-hybridized carbons (Fsp3) is 0.200. The molecule has 6 heteroatoms.